The van der Waals surface area contributed by atoms with Crippen LogP contribution in [0, 0.1) is 0 Å². The van der Waals surface area contributed by atoms with Crippen LogP contribution in [0.15, 0.2) is 58.5 Å². The molecule has 0 aliphatic carbocycles. The van der Waals surface area contributed by atoms with Crippen LogP contribution in [-0.4, -0.2) is 24.1 Å². The molecule has 1 N–H and O–H groups in total. The van der Waals surface area contributed by atoms with Gasteiger partial charge in [0.25, 0.3) is 0 Å². The summed E-state index contributed by atoms with van der Waals surface area (Å²) in [6.45, 7) is 1.94. The number of thiophene rings is 1. The average molecular weight is 370 g/mol. The first-order valence-electron chi connectivity index (χ1n) is 8.28. The number of anilines is 1. The third-order valence-electron chi connectivity index (χ3n) is 3.93. The van der Waals surface area contributed by atoms with Crippen molar-refractivity contribution < 1.29 is 18.7 Å². The fraction of sp³-hybridized carbons (Fsp3) is 0.211. The van der Waals surface area contributed by atoms with E-state index in [-0.39, 0.29) is 6.03 Å². The molecule has 7 heteroatoms. The zero-order valence-corrected chi connectivity index (χ0v) is 14.8. The molecule has 0 saturated carbocycles. The largest absolute Gasteiger partial charge is 0.486 e. The van der Waals surface area contributed by atoms with E-state index in [0.29, 0.717) is 43.5 Å². The minimum Gasteiger partial charge on any atom is -0.486 e. The van der Waals surface area contributed by atoms with Gasteiger partial charge in [-0.25, -0.2) is 4.79 Å². The Balaban J connectivity index is 1.50. The van der Waals surface area contributed by atoms with Crippen molar-refractivity contribution in [2.75, 3.05) is 18.5 Å². The van der Waals surface area contributed by atoms with Gasteiger partial charge in [-0.15, -0.1) is 11.3 Å². The number of furan rings is 1. The number of urea groups is 1. The van der Waals surface area contributed by atoms with Crippen LogP contribution in [0.25, 0.3) is 0 Å². The summed E-state index contributed by atoms with van der Waals surface area (Å²) in [5, 5.41) is 4.93. The minimum atomic E-state index is -0.202. The average Bonchev–Trinajstić information content (AvgIpc) is 3.35. The third kappa shape index (κ3) is 3.83. The molecule has 1 aliphatic rings. The minimum absolute atomic E-state index is 0.202. The van der Waals surface area contributed by atoms with E-state index < -0.39 is 0 Å². The monoisotopic (exact) mass is 370 g/mol. The lowest BCUT2D eigenvalue weighted by Gasteiger charge is -2.23. The Morgan fingerprint density at radius 3 is 2.73 bits per heavy atom. The van der Waals surface area contributed by atoms with Crippen molar-refractivity contribution in [2.24, 2.45) is 0 Å². The molecule has 0 saturated heterocycles. The van der Waals surface area contributed by atoms with Crippen molar-refractivity contribution in [1.29, 1.82) is 0 Å². The van der Waals surface area contributed by atoms with Crippen LogP contribution >= 0.6 is 11.3 Å². The van der Waals surface area contributed by atoms with Crippen LogP contribution < -0.4 is 14.8 Å². The van der Waals surface area contributed by atoms with E-state index in [2.05, 4.69) is 5.32 Å². The molecule has 26 heavy (non-hydrogen) atoms. The Morgan fingerprint density at radius 1 is 1.08 bits per heavy atom. The molecule has 0 bridgehead atoms. The number of amides is 2. The maximum Gasteiger partial charge on any atom is 0.322 e. The zero-order chi connectivity index (χ0) is 17.8. The molecule has 0 unspecified atom stereocenters. The fourth-order valence-corrected chi connectivity index (χ4v) is 3.42. The van der Waals surface area contributed by atoms with E-state index in [9.17, 15) is 4.79 Å². The number of fused-ring (bicyclic) bond motifs is 1. The van der Waals surface area contributed by atoms with E-state index in [1.807, 2.05) is 35.7 Å². The van der Waals surface area contributed by atoms with Crippen LogP contribution in [-0.2, 0) is 13.1 Å². The Morgan fingerprint density at radius 2 is 1.96 bits per heavy atom. The lowest BCUT2D eigenvalue weighted by Crippen LogP contribution is -2.33. The molecular weight excluding hydrogens is 352 g/mol. The first kappa shape index (κ1) is 16.5. The summed E-state index contributed by atoms with van der Waals surface area (Å²) >= 11 is 1.62. The maximum absolute atomic E-state index is 12.8. The molecule has 0 fully saturated rings. The molecule has 134 valence electrons. The van der Waals surface area contributed by atoms with Crippen LogP contribution in [0.3, 0.4) is 0 Å². The first-order valence-corrected chi connectivity index (χ1v) is 9.16. The molecule has 1 aliphatic heterocycles. The Labute approximate surface area is 154 Å². The van der Waals surface area contributed by atoms with Crippen molar-refractivity contribution >= 4 is 23.1 Å². The normalized spacial score (nSPS) is 12.6. The smallest absolute Gasteiger partial charge is 0.322 e. The number of carbonyl (C=O) groups excluding carboxylic acids is 1. The SMILES string of the molecule is O=C(Nc1ccc2c(c1)OCCO2)N(Cc1ccco1)Cc1cccs1. The van der Waals surface area contributed by atoms with E-state index >= 15 is 0 Å². The highest BCUT2D eigenvalue weighted by Crippen LogP contribution is 2.32. The van der Waals surface area contributed by atoms with Crippen molar-refractivity contribution in [3.63, 3.8) is 0 Å². The number of benzene rings is 1. The van der Waals surface area contributed by atoms with E-state index in [4.69, 9.17) is 13.9 Å². The molecule has 3 aromatic rings. The summed E-state index contributed by atoms with van der Waals surface area (Å²) in [4.78, 5) is 15.7. The van der Waals surface area contributed by atoms with Crippen molar-refractivity contribution in [3.05, 3.63) is 64.7 Å². The van der Waals surface area contributed by atoms with Gasteiger partial charge in [-0.05, 0) is 35.7 Å². The van der Waals surface area contributed by atoms with Crippen molar-refractivity contribution in [2.45, 2.75) is 13.1 Å². The second-order valence-electron chi connectivity index (χ2n) is 5.80. The summed E-state index contributed by atoms with van der Waals surface area (Å²) in [7, 11) is 0. The molecule has 1 aromatic carbocycles. The van der Waals surface area contributed by atoms with Gasteiger partial charge < -0.3 is 24.1 Å². The molecule has 0 atom stereocenters. The van der Waals surface area contributed by atoms with Gasteiger partial charge in [0.15, 0.2) is 11.5 Å². The highest BCUT2D eigenvalue weighted by atomic mass is 32.1. The van der Waals surface area contributed by atoms with Crippen molar-refractivity contribution in [1.82, 2.24) is 4.90 Å². The molecule has 3 heterocycles. The third-order valence-corrected chi connectivity index (χ3v) is 4.80. The lowest BCUT2D eigenvalue weighted by atomic mass is 10.2. The molecule has 0 radical (unpaired) electrons. The van der Waals surface area contributed by atoms with Gasteiger partial charge in [0.05, 0.1) is 19.4 Å². The van der Waals surface area contributed by atoms with Gasteiger partial charge in [0, 0.05) is 16.6 Å². The van der Waals surface area contributed by atoms with Gasteiger partial charge in [-0.2, -0.15) is 0 Å². The maximum atomic E-state index is 12.8. The molecule has 2 aromatic heterocycles. The quantitative estimate of drug-likeness (QED) is 0.725. The summed E-state index contributed by atoms with van der Waals surface area (Å²) in [5.41, 5.74) is 0.662. The Hall–Kier alpha value is -2.93. The van der Waals surface area contributed by atoms with E-state index in [0.717, 1.165) is 10.6 Å². The lowest BCUT2D eigenvalue weighted by molar-refractivity contribution is 0.171. The topological polar surface area (TPSA) is 63.9 Å². The Bertz CT molecular complexity index is 826. The molecule has 6 nitrogen and oxygen atoms in total. The fourth-order valence-electron chi connectivity index (χ4n) is 2.70. The van der Waals surface area contributed by atoms with Gasteiger partial charge in [-0.3, -0.25) is 0 Å². The van der Waals surface area contributed by atoms with Crippen LogP contribution in [0.4, 0.5) is 10.5 Å². The summed E-state index contributed by atoms with van der Waals surface area (Å²) in [6, 6.07) is 12.9. The van der Waals surface area contributed by atoms with Gasteiger partial charge in [0.1, 0.15) is 19.0 Å². The number of hydrogen-bond acceptors (Lipinski definition) is 5. The standard InChI is InChI=1S/C19H18N2O4S/c22-19(20-14-5-6-17-18(11-14)25-9-8-24-17)21(12-15-3-1-7-23-15)13-16-4-2-10-26-16/h1-7,10-11H,8-9,12-13H2,(H,20,22). The number of rotatable bonds is 5. The van der Waals surface area contributed by atoms with Crippen molar-refractivity contribution in [3.8, 4) is 11.5 Å². The highest BCUT2D eigenvalue weighted by molar-refractivity contribution is 7.09. The molecule has 0 spiro atoms. The van der Waals surface area contributed by atoms with Crippen LogP contribution in [0.2, 0.25) is 0 Å². The van der Waals surface area contributed by atoms with Gasteiger partial charge in [0.2, 0.25) is 0 Å². The second-order valence-corrected chi connectivity index (χ2v) is 6.84. The first-order chi connectivity index (χ1) is 12.8. The molecule has 4 rings (SSSR count). The Kier molecular flexibility index (Phi) is 4.79. The van der Waals surface area contributed by atoms with Crippen LogP contribution in [0.5, 0.6) is 11.5 Å². The summed E-state index contributed by atoms with van der Waals surface area (Å²) in [6.07, 6.45) is 1.61. The zero-order valence-electron chi connectivity index (χ0n) is 14.0. The van der Waals surface area contributed by atoms with E-state index in [1.54, 1.807) is 34.6 Å². The molecular formula is C19H18N2O4S. The van der Waals surface area contributed by atoms with Crippen LogP contribution in [0.1, 0.15) is 10.6 Å². The number of nitrogens with one attached hydrogen (secondary N) is 1. The van der Waals surface area contributed by atoms with Gasteiger partial charge >= 0.3 is 6.03 Å². The summed E-state index contributed by atoms with van der Waals surface area (Å²) < 4.78 is 16.5. The molecule has 2 amide bonds. The van der Waals surface area contributed by atoms with Gasteiger partial charge in [-0.1, -0.05) is 6.07 Å². The summed E-state index contributed by atoms with van der Waals surface area (Å²) in [5.74, 6) is 2.07. The predicted octanol–water partition coefficient (Wildman–Crippen LogP) is 4.35. The number of carbonyl (C=O) groups is 1. The number of hydrogen-bond donors (Lipinski definition) is 1. The van der Waals surface area contributed by atoms with E-state index in [1.165, 1.54) is 0 Å². The number of ether oxygens (including phenoxy) is 2. The second kappa shape index (κ2) is 7.53. The highest BCUT2D eigenvalue weighted by Gasteiger charge is 2.18. The number of nitrogens with zero attached hydrogens (tertiary/aromatic N) is 1. The predicted molar refractivity (Wildman–Crippen MR) is 98.7 cm³/mol.